The molecule has 0 aliphatic carbocycles. The first kappa shape index (κ1) is 18.2. The van der Waals surface area contributed by atoms with Gasteiger partial charge in [0.05, 0.1) is 17.8 Å². The lowest BCUT2D eigenvalue weighted by Crippen LogP contribution is -2.28. The van der Waals surface area contributed by atoms with E-state index in [1.807, 2.05) is 5.38 Å². The third kappa shape index (κ3) is 6.55. The summed E-state index contributed by atoms with van der Waals surface area (Å²) in [7, 11) is 0. The van der Waals surface area contributed by atoms with Gasteiger partial charge in [-0.2, -0.15) is 13.2 Å². The molecule has 1 aromatic carbocycles. The normalized spacial score (nSPS) is 11.3. The summed E-state index contributed by atoms with van der Waals surface area (Å²) in [5, 5.41) is 4.34. The Labute approximate surface area is 140 Å². The average Bonchev–Trinajstić information content (AvgIpc) is 3.05. The van der Waals surface area contributed by atoms with Crippen LogP contribution < -0.4 is 10.1 Å². The second-order valence-electron chi connectivity index (χ2n) is 4.72. The monoisotopic (exact) mass is 360 g/mol. The molecule has 0 bridgehead atoms. The van der Waals surface area contributed by atoms with Crippen molar-refractivity contribution < 1.29 is 27.4 Å². The topological polar surface area (TPSA) is 60.5 Å². The van der Waals surface area contributed by atoms with Gasteiger partial charge in [-0.3, -0.25) is 4.79 Å². The maximum absolute atomic E-state index is 11.9. The van der Waals surface area contributed by atoms with Gasteiger partial charge in [0.1, 0.15) is 19.0 Å². The van der Waals surface area contributed by atoms with Gasteiger partial charge in [0.2, 0.25) is 0 Å². The van der Waals surface area contributed by atoms with Gasteiger partial charge in [-0.25, -0.2) is 4.98 Å². The highest BCUT2D eigenvalue weighted by Crippen LogP contribution is 2.16. The first-order valence-corrected chi connectivity index (χ1v) is 7.91. The molecule has 5 nitrogen and oxygen atoms in total. The molecule has 0 atom stereocenters. The van der Waals surface area contributed by atoms with Gasteiger partial charge in [-0.1, -0.05) is 6.07 Å². The van der Waals surface area contributed by atoms with Gasteiger partial charge in [0.25, 0.3) is 5.91 Å². The van der Waals surface area contributed by atoms with Gasteiger partial charge < -0.3 is 14.8 Å². The molecule has 0 saturated carbocycles. The Morgan fingerprint density at radius 3 is 2.88 bits per heavy atom. The summed E-state index contributed by atoms with van der Waals surface area (Å²) in [6.07, 6.45) is -4.37. The molecule has 0 radical (unpaired) electrons. The second-order valence-corrected chi connectivity index (χ2v) is 5.44. The van der Waals surface area contributed by atoms with Crippen LogP contribution in [0.2, 0.25) is 0 Å². The molecule has 0 spiro atoms. The molecule has 0 fully saturated rings. The van der Waals surface area contributed by atoms with Crippen molar-refractivity contribution in [2.45, 2.75) is 12.8 Å². The van der Waals surface area contributed by atoms with Crippen LogP contribution in [-0.4, -0.2) is 36.8 Å². The number of halogens is 3. The molecule has 0 aliphatic heterocycles. The Balaban J connectivity index is 1.76. The Morgan fingerprint density at radius 1 is 1.33 bits per heavy atom. The van der Waals surface area contributed by atoms with Gasteiger partial charge in [-0.15, -0.1) is 11.3 Å². The maximum Gasteiger partial charge on any atom is 0.411 e. The summed E-state index contributed by atoms with van der Waals surface area (Å²) in [5.41, 5.74) is 2.84. The van der Waals surface area contributed by atoms with Crippen molar-refractivity contribution >= 4 is 17.2 Å². The van der Waals surface area contributed by atoms with Crippen molar-refractivity contribution in [2.24, 2.45) is 0 Å². The molecule has 0 aliphatic rings. The number of rotatable bonds is 8. The minimum Gasteiger partial charge on any atom is -0.487 e. The third-order valence-corrected chi connectivity index (χ3v) is 3.40. The molecular formula is C15H15F3N2O3S. The standard InChI is InChI=1S/C15H15F3N2O3S/c16-15(17,18)9-22-5-4-19-14(21)11-2-1-3-13(6-11)23-7-12-8-24-10-20-12/h1-3,6,8,10H,4-5,7,9H2,(H,19,21). The number of aromatic nitrogens is 1. The molecular weight excluding hydrogens is 345 g/mol. The van der Waals surface area contributed by atoms with E-state index < -0.39 is 18.7 Å². The van der Waals surface area contributed by atoms with Crippen LogP contribution >= 0.6 is 11.3 Å². The number of nitrogens with one attached hydrogen (secondary N) is 1. The molecule has 2 aromatic rings. The van der Waals surface area contributed by atoms with Crippen molar-refractivity contribution in [2.75, 3.05) is 19.8 Å². The van der Waals surface area contributed by atoms with E-state index in [9.17, 15) is 18.0 Å². The highest BCUT2D eigenvalue weighted by atomic mass is 32.1. The van der Waals surface area contributed by atoms with Crippen LogP contribution in [0.25, 0.3) is 0 Å². The van der Waals surface area contributed by atoms with Gasteiger partial charge >= 0.3 is 6.18 Å². The van der Waals surface area contributed by atoms with Crippen molar-refractivity contribution in [1.29, 1.82) is 0 Å². The van der Waals surface area contributed by atoms with E-state index in [4.69, 9.17) is 4.74 Å². The van der Waals surface area contributed by atoms with Crippen LogP contribution in [0.15, 0.2) is 35.2 Å². The number of nitrogens with zero attached hydrogens (tertiary/aromatic N) is 1. The molecule has 130 valence electrons. The fourth-order valence-electron chi connectivity index (χ4n) is 1.72. The highest BCUT2D eigenvalue weighted by Gasteiger charge is 2.27. The van der Waals surface area contributed by atoms with Gasteiger partial charge in [0, 0.05) is 17.5 Å². The van der Waals surface area contributed by atoms with Crippen LogP contribution in [0.5, 0.6) is 5.75 Å². The largest absolute Gasteiger partial charge is 0.487 e. The Morgan fingerprint density at radius 2 is 2.17 bits per heavy atom. The zero-order chi connectivity index (χ0) is 17.4. The lowest BCUT2D eigenvalue weighted by molar-refractivity contribution is -0.173. The van der Waals surface area contributed by atoms with Crippen molar-refractivity contribution in [3.8, 4) is 5.75 Å². The van der Waals surface area contributed by atoms with E-state index in [1.54, 1.807) is 29.8 Å². The van der Waals surface area contributed by atoms with Crippen LogP contribution in [0.1, 0.15) is 16.1 Å². The molecule has 2 rings (SSSR count). The fourth-order valence-corrected chi connectivity index (χ4v) is 2.26. The molecule has 1 N–H and O–H groups in total. The Hall–Kier alpha value is -2.13. The van der Waals surface area contributed by atoms with Crippen molar-refractivity contribution in [3.63, 3.8) is 0 Å². The summed E-state index contributed by atoms with van der Waals surface area (Å²) < 4.78 is 45.6. The predicted octanol–water partition coefficient (Wildman–Crippen LogP) is 3.03. The smallest absolute Gasteiger partial charge is 0.411 e. The van der Waals surface area contributed by atoms with Crippen molar-refractivity contribution in [3.05, 3.63) is 46.4 Å². The predicted molar refractivity (Wildman–Crippen MR) is 82.1 cm³/mol. The Bertz CT molecular complexity index is 648. The molecule has 1 amide bonds. The van der Waals surface area contributed by atoms with Gasteiger partial charge in [-0.05, 0) is 18.2 Å². The van der Waals surface area contributed by atoms with E-state index in [1.165, 1.54) is 11.3 Å². The van der Waals surface area contributed by atoms with Crippen LogP contribution in [0.3, 0.4) is 0 Å². The number of thiazole rings is 1. The van der Waals surface area contributed by atoms with E-state index in [0.29, 0.717) is 17.9 Å². The summed E-state index contributed by atoms with van der Waals surface area (Å²) >= 11 is 1.46. The van der Waals surface area contributed by atoms with E-state index in [-0.39, 0.29) is 13.2 Å². The number of benzene rings is 1. The van der Waals surface area contributed by atoms with Crippen molar-refractivity contribution in [1.82, 2.24) is 10.3 Å². The number of alkyl halides is 3. The highest BCUT2D eigenvalue weighted by molar-refractivity contribution is 7.07. The summed E-state index contributed by atoms with van der Waals surface area (Å²) in [4.78, 5) is 16.0. The minimum absolute atomic E-state index is 0.0151. The van der Waals surface area contributed by atoms with Crippen LogP contribution in [-0.2, 0) is 11.3 Å². The molecule has 24 heavy (non-hydrogen) atoms. The number of hydrogen-bond donors (Lipinski definition) is 1. The van der Waals surface area contributed by atoms with E-state index in [0.717, 1.165) is 5.69 Å². The summed E-state index contributed by atoms with van der Waals surface area (Å²) in [6, 6.07) is 6.50. The van der Waals surface area contributed by atoms with Crippen LogP contribution in [0, 0.1) is 0 Å². The van der Waals surface area contributed by atoms with Crippen LogP contribution in [0.4, 0.5) is 13.2 Å². The van der Waals surface area contributed by atoms with Gasteiger partial charge in [0.15, 0.2) is 0 Å². The minimum atomic E-state index is -4.37. The average molecular weight is 360 g/mol. The lowest BCUT2D eigenvalue weighted by Gasteiger charge is -2.09. The Kier molecular flexibility index (Phi) is 6.56. The zero-order valence-corrected chi connectivity index (χ0v) is 13.3. The molecule has 9 heteroatoms. The maximum atomic E-state index is 11.9. The first-order chi connectivity index (χ1) is 11.4. The SMILES string of the molecule is O=C(NCCOCC(F)(F)F)c1cccc(OCc2cscn2)c1. The number of amides is 1. The number of hydrogen-bond acceptors (Lipinski definition) is 5. The second kappa shape index (κ2) is 8.65. The molecule has 0 saturated heterocycles. The lowest BCUT2D eigenvalue weighted by atomic mass is 10.2. The first-order valence-electron chi connectivity index (χ1n) is 6.97. The summed E-state index contributed by atoms with van der Waals surface area (Å²) in [5.74, 6) is 0.0914. The van der Waals surface area contributed by atoms with E-state index >= 15 is 0 Å². The zero-order valence-electron chi connectivity index (χ0n) is 12.5. The van der Waals surface area contributed by atoms with E-state index in [2.05, 4.69) is 15.0 Å². The summed E-state index contributed by atoms with van der Waals surface area (Å²) in [6.45, 7) is -1.27. The fraction of sp³-hybridized carbons (Fsp3) is 0.333. The number of carbonyl (C=O) groups excluding carboxylic acids is 1. The molecule has 1 heterocycles. The quantitative estimate of drug-likeness (QED) is 0.735. The third-order valence-electron chi connectivity index (χ3n) is 2.76. The molecule has 0 unspecified atom stereocenters. The number of ether oxygens (including phenoxy) is 2. The molecule has 1 aromatic heterocycles. The number of carbonyl (C=O) groups is 1.